The molecular formula is C24H29N3O2S2. The highest BCUT2D eigenvalue weighted by Crippen LogP contribution is 2.32. The summed E-state index contributed by atoms with van der Waals surface area (Å²) in [5.74, 6) is 0.101. The zero-order valence-electron chi connectivity index (χ0n) is 18.4. The van der Waals surface area contributed by atoms with E-state index in [1.807, 2.05) is 4.90 Å². The topological polar surface area (TPSA) is 45.7 Å². The van der Waals surface area contributed by atoms with E-state index in [4.69, 9.17) is 9.72 Å². The van der Waals surface area contributed by atoms with E-state index in [2.05, 4.69) is 61.4 Å². The number of rotatable bonds is 7. The molecular weight excluding hydrogens is 426 g/mol. The van der Waals surface area contributed by atoms with Crippen LogP contribution in [0, 0.1) is 13.8 Å². The number of hydrogen-bond acceptors (Lipinski definition) is 6. The zero-order chi connectivity index (χ0) is 21.8. The van der Waals surface area contributed by atoms with Gasteiger partial charge in [-0.25, -0.2) is 4.98 Å². The molecule has 1 aromatic heterocycles. The van der Waals surface area contributed by atoms with Crippen molar-refractivity contribution in [1.82, 2.24) is 9.88 Å². The van der Waals surface area contributed by atoms with Gasteiger partial charge in [0, 0.05) is 31.1 Å². The summed E-state index contributed by atoms with van der Waals surface area (Å²) in [6, 6.07) is 12.6. The lowest BCUT2D eigenvalue weighted by atomic mass is 10.0. The van der Waals surface area contributed by atoms with Crippen LogP contribution in [-0.4, -0.2) is 61.4 Å². The van der Waals surface area contributed by atoms with Crippen LogP contribution in [0.15, 0.2) is 41.3 Å². The molecule has 0 N–H and O–H groups in total. The third-order valence-electron chi connectivity index (χ3n) is 5.70. The number of aromatic nitrogens is 1. The van der Waals surface area contributed by atoms with Gasteiger partial charge in [-0.05, 0) is 49.4 Å². The number of carbonyl (C=O) groups excluding carboxylic acids is 1. The summed E-state index contributed by atoms with van der Waals surface area (Å²) in [4.78, 5) is 23.8. The Labute approximate surface area is 192 Å². The van der Waals surface area contributed by atoms with Gasteiger partial charge in [-0.2, -0.15) is 0 Å². The van der Waals surface area contributed by atoms with Gasteiger partial charge < -0.3 is 4.74 Å². The Hall–Kier alpha value is -1.93. The van der Waals surface area contributed by atoms with Gasteiger partial charge in [0.25, 0.3) is 0 Å². The number of amides is 1. The fourth-order valence-electron chi connectivity index (χ4n) is 3.83. The molecule has 31 heavy (non-hydrogen) atoms. The van der Waals surface area contributed by atoms with E-state index < -0.39 is 0 Å². The van der Waals surface area contributed by atoms with Crippen molar-refractivity contribution in [1.29, 1.82) is 0 Å². The molecule has 5 nitrogen and oxygen atoms in total. The number of thiazole rings is 1. The summed E-state index contributed by atoms with van der Waals surface area (Å²) in [6.45, 7) is 8.97. The Balaban J connectivity index is 1.59. The maximum absolute atomic E-state index is 13.5. The Morgan fingerprint density at radius 2 is 2.00 bits per heavy atom. The van der Waals surface area contributed by atoms with Crippen LogP contribution in [0.3, 0.4) is 0 Å². The maximum Gasteiger partial charge on any atom is 0.233 e. The summed E-state index contributed by atoms with van der Waals surface area (Å²) >= 11 is 3.33. The lowest BCUT2D eigenvalue weighted by Gasteiger charge is -2.29. The monoisotopic (exact) mass is 455 g/mol. The first-order valence-corrected chi connectivity index (χ1v) is 12.7. The molecule has 0 spiro atoms. The zero-order valence-corrected chi connectivity index (χ0v) is 20.0. The Bertz CT molecular complexity index is 1060. The number of thioether (sulfide) groups is 1. The van der Waals surface area contributed by atoms with Crippen LogP contribution in [0.25, 0.3) is 10.2 Å². The molecule has 1 fully saturated rings. The van der Waals surface area contributed by atoms with E-state index in [1.165, 1.54) is 10.5 Å². The molecule has 0 aliphatic carbocycles. The summed E-state index contributed by atoms with van der Waals surface area (Å²) < 4.78 is 6.59. The fourth-order valence-corrected chi connectivity index (χ4v) is 5.39. The fraction of sp³-hybridized carbons (Fsp3) is 0.417. The molecule has 0 saturated carbocycles. The molecule has 1 aliphatic rings. The third-order valence-corrected chi connectivity index (χ3v) is 7.47. The van der Waals surface area contributed by atoms with Crippen LogP contribution in [0.1, 0.15) is 16.7 Å². The quantitative estimate of drug-likeness (QED) is 0.490. The predicted molar refractivity (Wildman–Crippen MR) is 131 cm³/mol. The number of ether oxygens (including phenoxy) is 1. The number of aryl methyl sites for hydroxylation is 2. The number of benzene rings is 2. The Kier molecular flexibility index (Phi) is 7.27. The largest absolute Gasteiger partial charge is 0.379 e. The molecule has 0 bridgehead atoms. The van der Waals surface area contributed by atoms with Gasteiger partial charge in [0.15, 0.2) is 5.13 Å². The van der Waals surface area contributed by atoms with Crippen molar-refractivity contribution in [3.63, 3.8) is 0 Å². The number of morpholine rings is 1. The first-order valence-electron chi connectivity index (χ1n) is 10.6. The minimum absolute atomic E-state index is 0.101. The van der Waals surface area contributed by atoms with Crippen molar-refractivity contribution in [3.05, 3.63) is 53.1 Å². The van der Waals surface area contributed by atoms with Crippen molar-refractivity contribution < 1.29 is 9.53 Å². The molecule has 3 aromatic rings. The highest BCUT2D eigenvalue weighted by Gasteiger charge is 2.22. The van der Waals surface area contributed by atoms with Crippen LogP contribution in [0.5, 0.6) is 0 Å². The molecule has 0 radical (unpaired) electrons. The molecule has 1 amide bonds. The van der Waals surface area contributed by atoms with Gasteiger partial charge in [0.2, 0.25) is 5.91 Å². The first kappa shape index (κ1) is 22.3. The minimum Gasteiger partial charge on any atom is -0.379 e. The van der Waals surface area contributed by atoms with Crippen LogP contribution >= 0.6 is 23.1 Å². The smallest absolute Gasteiger partial charge is 0.233 e. The number of fused-ring (bicyclic) bond motifs is 1. The predicted octanol–water partition coefficient (Wildman–Crippen LogP) is 4.54. The molecule has 4 rings (SSSR count). The van der Waals surface area contributed by atoms with Crippen molar-refractivity contribution in [2.75, 3.05) is 50.5 Å². The van der Waals surface area contributed by atoms with Gasteiger partial charge in [-0.1, -0.05) is 35.1 Å². The second kappa shape index (κ2) is 10.1. The number of carbonyl (C=O) groups is 1. The molecule has 2 heterocycles. The Morgan fingerprint density at radius 1 is 1.19 bits per heavy atom. The van der Waals surface area contributed by atoms with Crippen molar-refractivity contribution >= 4 is 44.4 Å². The van der Waals surface area contributed by atoms with Crippen LogP contribution < -0.4 is 4.90 Å². The SMILES string of the molecule is CSc1ccc2nc(N(CCN3CCOCC3)C(=O)Cc3ccc(C)cc3C)sc2c1. The van der Waals surface area contributed by atoms with E-state index in [9.17, 15) is 4.79 Å². The summed E-state index contributed by atoms with van der Waals surface area (Å²) in [5, 5.41) is 0.788. The van der Waals surface area contributed by atoms with Gasteiger partial charge >= 0.3 is 0 Å². The lowest BCUT2D eigenvalue weighted by molar-refractivity contribution is -0.118. The van der Waals surface area contributed by atoms with E-state index >= 15 is 0 Å². The summed E-state index contributed by atoms with van der Waals surface area (Å²) in [7, 11) is 0. The normalized spacial score (nSPS) is 14.8. The van der Waals surface area contributed by atoms with E-state index in [0.717, 1.165) is 59.3 Å². The molecule has 1 saturated heterocycles. The van der Waals surface area contributed by atoms with Crippen LogP contribution in [-0.2, 0) is 16.0 Å². The van der Waals surface area contributed by atoms with E-state index in [0.29, 0.717) is 13.0 Å². The number of hydrogen-bond donors (Lipinski definition) is 0. The molecule has 0 atom stereocenters. The molecule has 7 heteroatoms. The van der Waals surface area contributed by atoms with Gasteiger partial charge in [0.05, 0.1) is 29.9 Å². The van der Waals surface area contributed by atoms with Gasteiger partial charge in [-0.15, -0.1) is 11.8 Å². The van der Waals surface area contributed by atoms with Gasteiger partial charge in [0.1, 0.15) is 0 Å². The van der Waals surface area contributed by atoms with E-state index in [1.54, 1.807) is 23.1 Å². The van der Waals surface area contributed by atoms with Crippen molar-refractivity contribution in [3.8, 4) is 0 Å². The van der Waals surface area contributed by atoms with Crippen LogP contribution in [0.4, 0.5) is 5.13 Å². The Morgan fingerprint density at radius 3 is 2.74 bits per heavy atom. The molecule has 2 aromatic carbocycles. The molecule has 0 unspecified atom stereocenters. The maximum atomic E-state index is 13.5. The standard InChI is InChI=1S/C24H29N3O2S2/c1-17-4-5-19(18(2)14-17)15-23(28)27(9-8-26-10-12-29-13-11-26)24-25-21-7-6-20(30-3)16-22(21)31-24/h4-7,14,16H,8-13,15H2,1-3H3. The second-order valence-corrected chi connectivity index (χ2v) is 9.82. The summed E-state index contributed by atoms with van der Waals surface area (Å²) in [5.41, 5.74) is 4.41. The summed E-state index contributed by atoms with van der Waals surface area (Å²) in [6.07, 6.45) is 2.46. The van der Waals surface area contributed by atoms with Crippen molar-refractivity contribution in [2.45, 2.75) is 25.2 Å². The minimum atomic E-state index is 0.101. The third kappa shape index (κ3) is 5.47. The highest BCUT2D eigenvalue weighted by atomic mass is 32.2. The second-order valence-electron chi connectivity index (χ2n) is 7.94. The van der Waals surface area contributed by atoms with Crippen molar-refractivity contribution in [2.24, 2.45) is 0 Å². The van der Waals surface area contributed by atoms with E-state index in [-0.39, 0.29) is 5.91 Å². The van der Waals surface area contributed by atoms with Crippen LogP contribution in [0.2, 0.25) is 0 Å². The average Bonchev–Trinajstić information content (AvgIpc) is 3.19. The average molecular weight is 456 g/mol. The van der Waals surface area contributed by atoms with Gasteiger partial charge in [-0.3, -0.25) is 14.6 Å². The number of nitrogens with zero attached hydrogens (tertiary/aromatic N) is 3. The lowest BCUT2D eigenvalue weighted by Crippen LogP contribution is -2.43. The number of anilines is 1. The highest BCUT2D eigenvalue weighted by molar-refractivity contribution is 7.98. The first-order chi connectivity index (χ1) is 15.0. The molecule has 164 valence electrons. The molecule has 1 aliphatic heterocycles.